The lowest BCUT2D eigenvalue weighted by Gasteiger charge is -2.33. The van der Waals surface area contributed by atoms with E-state index in [1.165, 1.54) is 22.6 Å². The highest BCUT2D eigenvalue weighted by Crippen LogP contribution is 2.32. The molecule has 5 nitrogen and oxygen atoms in total. The summed E-state index contributed by atoms with van der Waals surface area (Å²) in [7, 11) is 0. The van der Waals surface area contributed by atoms with E-state index < -0.39 is 4.92 Å². The van der Waals surface area contributed by atoms with E-state index in [-0.39, 0.29) is 5.69 Å². The van der Waals surface area contributed by atoms with Crippen molar-refractivity contribution >= 4 is 17.0 Å². The van der Waals surface area contributed by atoms with Gasteiger partial charge in [0.05, 0.1) is 11.0 Å². The summed E-state index contributed by atoms with van der Waals surface area (Å²) in [6.45, 7) is 4.61. The Morgan fingerprint density at radius 2 is 2.32 bits per heavy atom. The maximum atomic E-state index is 10.8. The molecule has 0 radical (unpaired) electrons. The zero-order chi connectivity index (χ0) is 15.5. The molecule has 1 aromatic carbocycles. The van der Waals surface area contributed by atoms with Crippen molar-refractivity contribution in [3.8, 4) is 5.75 Å². The first-order valence-electron chi connectivity index (χ1n) is 7.32. The van der Waals surface area contributed by atoms with Crippen molar-refractivity contribution < 1.29 is 9.66 Å². The molecule has 0 spiro atoms. The van der Waals surface area contributed by atoms with Crippen LogP contribution in [0.3, 0.4) is 0 Å². The summed E-state index contributed by atoms with van der Waals surface area (Å²) in [5, 5.41) is 12.9. The zero-order valence-electron chi connectivity index (χ0n) is 12.4. The van der Waals surface area contributed by atoms with Crippen LogP contribution in [0.25, 0.3) is 0 Å². The number of benzene rings is 1. The highest BCUT2D eigenvalue weighted by molar-refractivity contribution is 7.10. The van der Waals surface area contributed by atoms with Crippen molar-refractivity contribution in [2.75, 3.05) is 19.7 Å². The largest absolute Gasteiger partial charge is 0.492 e. The van der Waals surface area contributed by atoms with Crippen LogP contribution in [0.1, 0.15) is 23.4 Å². The van der Waals surface area contributed by atoms with E-state index in [1.54, 1.807) is 12.1 Å². The number of thiophene rings is 1. The fourth-order valence-electron chi connectivity index (χ4n) is 2.83. The van der Waals surface area contributed by atoms with Crippen LogP contribution in [0.4, 0.5) is 5.69 Å². The fourth-order valence-corrected chi connectivity index (χ4v) is 3.80. The van der Waals surface area contributed by atoms with Gasteiger partial charge < -0.3 is 4.74 Å². The Morgan fingerprint density at radius 3 is 3.14 bits per heavy atom. The quantitative estimate of drug-likeness (QED) is 0.623. The van der Waals surface area contributed by atoms with Crippen molar-refractivity contribution in [2.24, 2.45) is 0 Å². The standard InChI is InChI=1S/C16H18N2O3S/c1-12-15-6-10-22-16(15)5-7-17(12)8-9-21-14-4-2-3-13(11-14)18(19)20/h2-4,6,10-12H,5,7-9H2,1H3/t12-/m0/s1. The van der Waals surface area contributed by atoms with Gasteiger partial charge in [-0.1, -0.05) is 6.07 Å². The van der Waals surface area contributed by atoms with Crippen LogP contribution in [0, 0.1) is 10.1 Å². The maximum absolute atomic E-state index is 10.8. The van der Waals surface area contributed by atoms with Gasteiger partial charge >= 0.3 is 0 Å². The molecular formula is C16H18N2O3S. The predicted octanol–water partition coefficient (Wildman–Crippen LogP) is 3.65. The van der Waals surface area contributed by atoms with Gasteiger partial charge in [0.1, 0.15) is 12.4 Å². The zero-order valence-corrected chi connectivity index (χ0v) is 13.2. The van der Waals surface area contributed by atoms with E-state index in [0.29, 0.717) is 18.4 Å². The number of hydrogen-bond acceptors (Lipinski definition) is 5. The highest BCUT2D eigenvalue weighted by Gasteiger charge is 2.24. The second kappa shape index (κ2) is 6.46. The summed E-state index contributed by atoms with van der Waals surface area (Å²) in [4.78, 5) is 14.2. The number of hydrogen-bond donors (Lipinski definition) is 0. The van der Waals surface area contributed by atoms with Crippen LogP contribution in [0.5, 0.6) is 5.75 Å². The van der Waals surface area contributed by atoms with Gasteiger partial charge in [-0.2, -0.15) is 0 Å². The summed E-state index contributed by atoms with van der Waals surface area (Å²) >= 11 is 1.83. The maximum Gasteiger partial charge on any atom is 0.273 e. The molecule has 0 amide bonds. The Labute approximate surface area is 133 Å². The minimum Gasteiger partial charge on any atom is -0.492 e. The molecule has 0 unspecified atom stereocenters. The minimum atomic E-state index is -0.405. The van der Waals surface area contributed by atoms with Crippen molar-refractivity contribution in [1.82, 2.24) is 4.90 Å². The van der Waals surface area contributed by atoms with Crippen molar-refractivity contribution in [3.05, 3.63) is 56.3 Å². The Hall–Kier alpha value is -1.92. The minimum absolute atomic E-state index is 0.0618. The Bertz CT molecular complexity index is 671. The van der Waals surface area contributed by atoms with E-state index in [9.17, 15) is 10.1 Å². The van der Waals surface area contributed by atoms with Crippen LogP contribution in [0.2, 0.25) is 0 Å². The van der Waals surface area contributed by atoms with E-state index in [4.69, 9.17) is 4.74 Å². The molecule has 0 saturated heterocycles. The van der Waals surface area contributed by atoms with Crippen LogP contribution in [-0.2, 0) is 6.42 Å². The fraction of sp³-hybridized carbons (Fsp3) is 0.375. The van der Waals surface area contributed by atoms with E-state index in [2.05, 4.69) is 23.3 Å². The molecule has 2 aromatic rings. The van der Waals surface area contributed by atoms with Gasteiger partial charge in [0.25, 0.3) is 5.69 Å². The Kier molecular flexibility index (Phi) is 4.40. The third-order valence-electron chi connectivity index (χ3n) is 4.08. The smallest absolute Gasteiger partial charge is 0.273 e. The van der Waals surface area contributed by atoms with Crippen LogP contribution in [0.15, 0.2) is 35.7 Å². The first-order chi connectivity index (χ1) is 10.6. The highest BCUT2D eigenvalue weighted by atomic mass is 32.1. The summed E-state index contributed by atoms with van der Waals surface area (Å²) in [5.74, 6) is 0.551. The number of ether oxygens (including phenoxy) is 1. The molecule has 1 aliphatic heterocycles. The van der Waals surface area contributed by atoms with Crippen molar-refractivity contribution in [2.45, 2.75) is 19.4 Å². The number of nitro groups is 1. The number of rotatable bonds is 5. The molecule has 1 aromatic heterocycles. The lowest BCUT2D eigenvalue weighted by Crippen LogP contribution is -2.36. The number of nitro benzene ring substituents is 1. The molecule has 0 fully saturated rings. The third kappa shape index (κ3) is 3.13. The van der Waals surface area contributed by atoms with Crippen LogP contribution >= 0.6 is 11.3 Å². The molecule has 0 saturated carbocycles. The normalized spacial score (nSPS) is 18.0. The number of nitrogens with zero attached hydrogens (tertiary/aromatic N) is 2. The average molecular weight is 318 g/mol. The molecule has 0 bridgehead atoms. The van der Waals surface area contributed by atoms with E-state index in [1.807, 2.05) is 11.3 Å². The second-order valence-electron chi connectivity index (χ2n) is 5.36. The van der Waals surface area contributed by atoms with Crippen molar-refractivity contribution in [3.63, 3.8) is 0 Å². The topological polar surface area (TPSA) is 55.6 Å². The summed E-state index contributed by atoms with van der Waals surface area (Å²) in [5.41, 5.74) is 1.48. The van der Waals surface area contributed by atoms with E-state index >= 15 is 0 Å². The molecule has 6 heteroatoms. The first-order valence-corrected chi connectivity index (χ1v) is 8.20. The number of non-ortho nitro benzene ring substituents is 1. The molecule has 0 aliphatic carbocycles. The average Bonchev–Trinajstić information content (AvgIpc) is 2.99. The van der Waals surface area contributed by atoms with Gasteiger partial charge in [0, 0.05) is 30.1 Å². The van der Waals surface area contributed by atoms with Gasteiger partial charge in [-0.05, 0) is 36.4 Å². The molecule has 0 N–H and O–H groups in total. The Morgan fingerprint density at radius 1 is 1.45 bits per heavy atom. The van der Waals surface area contributed by atoms with Gasteiger partial charge in [0.15, 0.2) is 0 Å². The first kappa shape index (κ1) is 15.0. The lowest BCUT2D eigenvalue weighted by molar-refractivity contribution is -0.384. The number of fused-ring (bicyclic) bond motifs is 1. The second-order valence-corrected chi connectivity index (χ2v) is 6.36. The SMILES string of the molecule is C[C@H]1c2ccsc2CCN1CCOc1cccc([N+](=O)[O-])c1. The van der Waals surface area contributed by atoms with Gasteiger partial charge in [-0.3, -0.25) is 15.0 Å². The molecule has 22 heavy (non-hydrogen) atoms. The summed E-state index contributed by atoms with van der Waals surface area (Å²) in [6.07, 6.45) is 1.09. The molecule has 1 aliphatic rings. The van der Waals surface area contributed by atoms with Crippen molar-refractivity contribution in [1.29, 1.82) is 0 Å². The molecule has 2 heterocycles. The molecule has 1 atom stereocenters. The third-order valence-corrected chi connectivity index (χ3v) is 5.08. The monoisotopic (exact) mass is 318 g/mol. The van der Waals surface area contributed by atoms with E-state index in [0.717, 1.165) is 19.5 Å². The molecular weight excluding hydrogens is 300 g/mol. The van der Waals surface area contributed by atoms with Gasteiger partial charge in [0.2, 0.25) is 0 Å². The predicted molar refractivity (Wildman–Crippen MR) is 86.6 cm³/mol. The van der Waals surface area contributed by atoms with Crippen LogP contribution in [-0.4, -0.2) is 29.5 Å². The summed E-state index contributed by atoms with van der Waals surface area (Å²) < 4.78 is 5.67. The van der Waals surface area contributed by atoms with Crippen LogP contribution < -0.4 is 4.74 Å². The molecule has 3 rings (SSSR count). The molecule has 116 valence electrons. The van der Waals surface area contributed by atoms with Gasteiger partial charge in [-0.25, -0.2) is 0 Å². The van der Waals surface area contributed by atoms with Gasteiger partial charge in [-0.15, -0.1) is 11.3 Å². The Balaban J connectivity index is 1.56. The lowest BCUT2D eigenvalue weighted by atomic mass is 10.0. The summed E-state index contributed by atoms with van der Waals surface area (Å²) in [6, 6.07) is 8.95.